The molecule has 1 aliphatic heterocycles. The van der Waals surface area contributed by atoms with Crippen LogP contribution < -0.4 is 5.32 Å². The number of aliphatic imine (C=N–C) groups is 1. The summed E-state index contributed by atoms with van der Waals surface area (Å²) in [6.45, 7) is 5.70. The summed E-state index contributed by atoms with van der Waals surface area (Å²) >= 11 is 0. The first kappa shape index (κ1) is 15.0. The van der Waals surface area contributed by atoms with E-state index in [4.69, 9.17) is 0 Å². The van der Waals surface area contributed by atoms with Gasteiger partial charge in [-0.1, -0.05) is 18.2 Å². The molecule has 1 atom stereocenters. The lowest BCUT2D eigenvalue weighted by molar-refractivity contribution is 0.494. The smallest absolute Gasteiger partial charge is 0.193 e. The van der Waals surface area contributed by atoms with Crippen LogP contribution in [0.5, 0.6) is 0 Å². The Morgan fingerprint density at radius 3 is 2.65 bits per heavy atom. The van der Waals surface area contributed by atoms with E-state index in [2.05, 4.69) is 22.1 Å². The van der Waals surface area contributed by atoms with Crippen LogP contribution in [-0.2, 0) is 10.8 Å². The van der Waals surface area contributed by atoms with Crippen molar-refractivity contribution in [2.75, 3.05) is 31.9 Å². The molecule has 110 valence electrons. The SMILES string of the molecule is CCNC(=NCCS(=O)c1ccccc1)N1CCCC1. The first-order valence-electron chi connectivity index (χ1n) is 7.28. The fourth-order valence-corrected chi connectivity index (χ4v) is 3.23. The summed E-state index contributed by atoms with van der Waals surface area (Å²) in [7, 11) is -0.959. The van der Waals surface area contributed by atoms with Crippen molar-refractivity contribution < 1.29 is 4.21 Å². The summed E-state index contributed by atoms with van der Waals surface area (Å²) in [5.41, 5.74) is 0. The third kappa shape index (κ3) is 4.34. The number of rotatable bonds is 5. The molecule has 0 bridgehead atoms. The molecule has 0 amide bonds. The van der Waals surface area contributed by atoms with Crippen LogP contribution in [0.25, 0.3) is 0 Å². The molecule has 1 N–H and O–H groups in total. The van der Waals surface area contributed by atoms with Gasteiger partial charge < -0.3 is 10.2 Å². The van der Waals surface area contributed by atoms with Gasteiger partial charge in [0.2, 0.25) is 0 Å². The number of benzene rings is 1. The lowest BCUT2D eigenvalue weighted by Gasteiger charge is -2.20. The number of hydrogen-bond donors (Lipinski definition) is 1. The molecule has 5 heteroatoms. The quantitative estimate of drug-likeness (QED) is 0.666. The van der Waals surface area contributed by atoms with E-state index in [1.54, 1.807) is 0 Å². The maximum Gasteiger partial charge on any atom is 0.193 e. The molecule has 1 saturated heterocycles. The Bertz CT molecular complexity index is 455. The Balaban J connectivity index is 1.88. The van der Waals surface area contributed by atoms with Crippen molar-refractivity contribution in [3.8, 4) is 0 Å². The van der Waals surface area contributed by atoms with E-state index in [0.717, 1.165) is 30.5 Å². The highest BCUT2D eigenvalue weighted by atomic mass is 32.2. The Hall–Kier alpha value is -1.36. The van der Waals surface area contributed by atoms with Crippen LogP contribution in [0.3, 0.4) is 0 Å². The van der Waals surface area contributed by atoms with Crippen LogP contribution in [-0.4, -0.2) is 47.0 Å². The molecule has 0 radical (unpaired) electrons. The Labute approximate surface area is 123 Å². The van der Waals surface area contributed by atoms with Crippen molar-refractivity contribution in [2.24, 2.45) is 4.99 Å². The van der Waals surface area contributed by atoms with E-state index in [0.29, 0.717) is 12.3 Å². The second kappa shape index (κ2) is 8.04. The summed E-state index contributed by atoms with van der Waals surface area (Å²) in [6, 6.07) is 9.60. The molecule has 1 aliphatic rings. The van der Waals surface area contributed by atoms with E-state index in [-0.39, 0.29) is 0 Å². The number of nitrogens with one attached hydrogen (secondary N) is 1. The van der Waals surface area contributed by atoms with Gasteiger partial charge in [-0.3, -0.25) is 9.20 Å². The standard InChI is InChI=1S/C15H23N3OS/c1-2-16-15(18-11-6-7-12-18)17-10-13-20(19)14-8-4-3-5-9-14/h3-5,8-9H,2,6-7,10-13H2,1H3,(H,16,17). The van der Waals surface area contributed by atoms with Crippen molar-refractivity contribution in [3.63, 3.8) is 0 Å². The van der Waals surface area contributed by atoms with E-state index in [1.807, 2.05) is 30.3 Å². The molecule has 2 rings (SSSR count). The zero-order chi connectivity index (χ0) is 14.2. The molecule has 0 aromatic heterocycles. The zero-order valence-electron chi connectivity index (χ0n) is 12.0. The Morgan fingerprint density at radius 2 is 2.00 bits per heavy atom. The molecule has 0 saturated carbocycles. The van der Waals surface area contributed by atoms with Crippen LogP contribution in [0.1, 0.15) is 19.8 Å². The second-order valence-corrected chi connectivity index (χ2v) is 6.36. The van der Waals surface area contributed by atoms with Crippen LogP contribution in [0.2, 0.25) is 0 Å². The number of nitrogens with zero attached hydrogens (tertiary/aromatic N) is 2. The highest BCUT2D eigenvalue weighted by Crippen LogP contribution is 2.08. The first-order valence-corrected chi connectivity index (χ1v) is 8.60. The van der Waals surface area contributed by atoms with Gasteiger partial charge in [0.05, 0.1) is 17.3 Å². The van der Waals surface area contributed by atoms with Crippen molar-refractivity contribution >= 4 is 16.8 Å². The third-order valence-electron chi connectivity index (χ3n) is 3.28. The van der Waals surface area contributed by atoms with Gasteiger partial charge in [0, 0.05) is 30.3 Å². The molecule has 0 spiro atoms. The number of likely N-dealkylation sites (tertiary alicyclic amines) is 1. The Kier molecular flexibility index (Phi) is 6.05. The monoisotopic (exact) mass is 293 g/mol. The molecule has 4 nitrogen and oxygen atoms in total. The van der Waals surface area contributed by atoms with Gasteiger partial charge in [-0.15, -0.1) is 0 Å². The van der Waals surface area contributed by atoms with Gasteiger partial charge >= 0.3 is 0 Å². The van der Waals surface area contributed by atoms with Crippen molar-refractivity contribution in [1.29, 1.82) is 0 Å². The topological polar surface area (TPSA) is 44.7 Å². The summed E-state index contributed by atoms with van der Waals surface area (Å²) in [4.78, 5) is 7.77. The van der Waals surface area contributed by atoms with Gasteiger partial charge in [0.25, 0.3) is 0 Å². The molecule has 20 heavy (non-hydrogen) atoms. The minimum atomic E-state index is -0.959. The van der Waals surface area contributed by atoms with Crippen molar-refractivity contribution in [3.05, 3.63) is 30.3 Å². The normalized spacial score (nSPS) is 17.2. The molecule has 1 aromatic carbocycles. The zero-order valence-corrected chi connectivity index (χ0v) is 12.9. The number of guanidine groups is 1. The van der Waals surface area contributed by atoms with Crippen LogP contribution in [0.15, 0.2) is 40.2 Å². The van der Waals surface area contributed by atoms with Crippen molar-refractivity contribution in [1.82, 2.24) is 10.2 Å². The molecular weight excluding hydrogens is 270 g/mol. The second-order valence-electron chi connectivity index (χ2n) is 4.79. The highest BCUT2D eigenvalue weighted by molar-refractivity contribution is 7.85. The summed E-state index contributed by atoms with van der Waals surface area (Å²) in [6.07, 6.45) is 2.47. The molecule has 1 aromatic rings. The maximum absolute atomic E-state index is 12.1. The number of hydrogen-bond acceptors (Lipinski definition) is 2. The summed E-state index contributed by atoms with van der Waals surface area (Å²) in [5.74, 6) is 1.54. The Morgan fingerprint density at radius 1 is 1.30 bits per heavy atom. The molecular formula is C15H23N3OS. The molecule has 1 heterocycles. The molecule has 1 fully saturated rings. The largest absolute Gasteiger partial charge is 0.357 e. The van der Waals surface area contributed by atoms with E-state index in [1.165, 1.54) is 12.8 Å². The average Bonchev–Trinajstić information content (AvgIpc) is 3.01. The van der Waals surface area contributed by atoms with Crippen LogP contribution in [0.4, 0.5) is 0 Å². The fourth-order valence-electron chi connectivity index (χ4n) is 2.28. The van der Waals surface area contributed by atoms with E-state index in [9.17, 15) is 4.21 Å². The van der Waals surface area contributed by atoms with Crippen molar-refractivity contribution in [2.45, 2.75) is 24.7 Å². The highest BCUT2D eigenvalue weighted by Gasteiger charge is 2.15. The van der Waals surface area contributed by atoms with Crippen LogP contribution >= 0.6 is 0 Å². The predicted octanol–water partition coefficient (Wildman–Crippen LogP) is 1.86. The van der Waals surface area contributed by atoms with Gasteiger partial charge in [-0.25, -0.2) is 0 Å². The third-order valence-corrected chi connectivity index (χ3v) is 4.64. The first-order chi connectivity index (χ1) is 9.81. The minimum absolute atomic E-state index is 0.576. The lowest BCUT2D eigenvalue weighted by Crippen LogP contribution is -2.39. The summed E-state index contributed by atoms with van der Waals surface area (Å²) in [5, 5.41) is 3.32. The van der Waals surface area contributed by atoms with E-state index >= 15 is 0 Å². The van der Waals surface area contributed by atoms with E-state index < -0.39 is 10.8 Å². The van der Waals surface area contributed by atoms with Gasteiger partial charge in [0.1, 0.15) is 0 Å². The maximum atomic E-state index is 12.1. The lowest BCUT2D eigenvalue weighted by atomic mass is 10.4. The van der Waals surface area contributed by atoms with Gasteiger partial charge in [0.15, 0.2) is 5.96 Å². The van der Waals surface area contributed by atoms with Gasteiger partial charge in [-0.05, 0) is 31.9 Å². The summed E-state index contributed by atoms with van der Waals surface area (Å²) < 4.78 is 12.1. The molecule has 1 unspecified atom stereocenters. The average molecular weight is 293 g/mol. The minimum Gasteiger partial charge on any atom is -0.357 e. The predicted molar refractivity (Wildman–Crippen MR) is 84.5 cm³/mol. The fraction of sp³-hybridized carbons (Fsp3) is 0.533. The molecule has 0 aliphatic carbocycles. The van der Waals surface area contributed by atoms with Crippen LogP contribution in [0, 0.1) is 0 Å². The van der Waals surface area contributed by atoms with Gasteiger partial charge in [-0.2, -0.15) is 0 Å².